The van der Waals surface area contributed by atoms with Gasteiger partial charge < -0.3 is 14.5 Å². The zero-order valence-corrected chi connectivity index (χ0v) is 25.8. The van der Waals surface area contributed by atoms with E-state index in [9.17, 15) is 52.7 Å². The molecule has 0 aromatic heterocycles. The number of anilines is 1. The molecule has 1 aromatic carbocycles. The van der Waals surface area contributed by atoms with Crippen LogP contribution in [-0.4, -0.2) is 106 Å². The Labute approximate surface area is 260 Å². The van der Waals surface area contributed by atoms with Crippen molar-refractivity contribution in [3.8, 4) is 0 Å². The van der Waals surface area contributed by atoms with Gasteiger partial charge in [0.2, 0.25) is 10.0 Å². The number of rotatable bonds is 5. The van der Waals surface area contributed by atoms with Crippen molar-refractivity contribution in [2.75, 3.05) is 63.5 Å². The molecule has 0 radical (unpaired) electrons. The highest BCUT2D eigenvalue weighted by Crippen LogP contribution is 2.45. The van der Waals surface area contributed by atoms with E-state index in [0.717, 1.165) is 23.3 Å². The number of halogens is 9. The molecule has 1 aromatic rings. The van der Waals surface area contributed by atoms with Gasteiger partial charge in [-0.15, -0.1) is 0 Å². The number of carbonyl (C=O) groups excluding carboxylic acids is 1. The molecule has 4 heterocycles. The van der Waals surface area contributed by atoms with E-state index in [-0.39, 0.29) is 25.0 Å². The molecule has 1 unspecified atom stereocenters. The van der Waals surface area contributed by atoms with Crippen LogP contribution in [0.15, 0.2) is 18.2 Å². The van der Waals surface area contributed by atoms with Crippen molar-refractivity contribution >= 4 is 21.8 Å². The Kier molecular flexibility index (Phi) is 9.01. The topological polar surface area (TPSA) is 73.4 Å². The van der Waals surface area contributed by atoms with Crippen molar-refractivity contribution < 1.29 is 57.5 Å². The lowest BCUT2D eigenvalue weighted by Crippen LogP contribution is -2.48. The molecule has 18 heteroatoms. The van der Waals surface area contributed by atoms with Crippen molar-refractivity contribution in [1.82, 2.24) is 14.1 Å². The first-order chi connectivity index (χ1) is 21.1. The first kappa shape index (κ1) is 34.9. The molecule has 0 saturated carbocycles. The minimum Gasteiger partial charge on any atom is -0.426 e. The summed E-state index contributed by atoms with van der Waals surface area (Å²) >= 11 is 0. The third kappa shape index (κ3) is 7.48. The largest absolute Gasteiger partial charge is 0.434 e. The molecule has 0 N–H and O–H groups in total. The van der Waals surface area contributed by atoms with Crippen molar-refractivity contribution in [2.45, 2.75) is 63.3 Å². The number of hydrogen-bond donors (Lipinski definition) is 0. The van der Waals surface area contributed by atoms with E-state index < -0.39 is 51.7 Å². The van der Waals surface area contributed by atoms with E-state index in [0.29, 0.717) is 82.6 Å². The lowest BCUT2D eigenvalue weighted by atomic mass is 9.77. The van der Waals surface area contributed by atoms with E-state index in [1.165, 1.54) is 10.4 Å². The third-order valence-electron chi connectivity index (χ3n) is 9.87. The Bertz CT molecular complexity index is 1400. The minimum absolute atomic E-state index is 0.0904. The molecule has 0 aliphatic carbocycles. The van der Waals surface area contributed by atoms with Gasteiger partial charge >= 0.3 is 24.6 Å². The van der Waals surface area contributed by atoms with Gasteiger partial charge in [-0.2, -0.15) is 39.5 Å². The molecule has 5 rings (SSSR count). The highest BCUT2D eigenvalue weighted by Gasteiger charge is 2.60. The number of alkyl halides is 9. The Morgan fingerprint density at radius 2 is 1.41 bits per heavy atom. The van der Waals surface area contributed by atoms with Gasteiger partial charge in [-0.1, -0.05) is 6.07 Å². The molecular weight excluding hydrogens is 659 g/mol. The second-order valence-electron chi connectivity index (χ2n) is 13.2. The Morgan fingerprint density at radius 3 is 1.98 bits per heavy atom. The summed E-state index contributed by atoms with van der Waals surface area (Å²) in [6.45, 7) is 2.50. The van der Waals surface area contributed by atoms with Gasteiger partial charge in [0.25, 0.3) is 6.10 Å². The summed E-state index contributed by atoms with van der Waals surface area (Å²) in [5, 5.41) is 0. The number of amides is 1. The lowest BCUT2D eigenvalue weighted by Gasteiger charge is -2.41. The molecule has 4 aliphatic rings. The second kappa shape index (κ2) is 11.9. The molecular formula is C28H35F9N4O4S. The number of ether oxygens (including phenoxy) is 1. The van der Waals surface area contributed by atoms with Crippen molar-refractivity contribution in [3.63, 3.8) is 0 Å². The second-order valence-corrected chi connectivity index (χ2v) is 15.1. The smallest absolute Gasteiger partial charge is 0.426 e. The molecule has 1 atom stereocenters. The quantitative estimate of drug-likeness (QED) is 0.380. The van der Waals surface area contributed by atoms with Gasteiger partial charge in [-0.3, -0.25) is 4.90 Å². The van der Waals surface area contributed by atoms with E-state index in [1.54, 1.807) is 0 Å². The van der Waals surface area contributed by atoms with Crippen LogP contribution in [0, 0.1) is 10.8 Å². The van der Waals surface area contributed by atoms with Crippen LogP contribution in [0.1, 0.15) is 43.2 Å². The number of nitrogens with zero attached hydrogens (tertiary/aromatic N) is 4. The zero-order valence-electron chi connectivity index (χ0n) is 24.9. The maximum absolute atomic E-state index is 13.7. The van der Waals surface area contributed by atoms with E-state index in [1.807, 2.05) is 9.80 Å². The summed E-state index contributed by atoms with van der Waals surface area (Å²) in [6, 6.07) is 3.53. The number of sulfonamides is 1. The number of carbonyl (C=O) groups is 1. The molecule has 46 heavy (non-hydrogen) atoms. The summed E-state index contributed by atoms with van der Waals surface area (Å²) in [6.07, 6.45) is -18.3. The summed E-state index contributed by atoms with van der Waals surface area (Å²) in [7, 11) is -3.35. The van der Waals surface area contributed by atoms with Crippen LogP contribution in [0.2, 0.25) is 0 Å². The molecule has 1 amide bonds. The maximum atomic E-state index is 13.7. The Morgan fingerprint density at radius 1 is 0.826 bits per heavy atom. The predicted molar refractivity (Wildman–Crippen MR) is 147 cm³/mol. The van der Waals surface area contributed by atoms with E-state index in [4.69, 9.17) is 0 Å². The summed E-state index contributed by atoms with van der Waals surface area (Å²) in [4.78, 5) is 17.0. The van der Waals surface area contributed by atoms with Crippen LogP contribution >= 0.6 is 0 Å². The Hall–Kier alpha value is -2.47. The van der Waals surface area contributed by atoms with Crippen LogP contribution in [0.25, 0.3) is 0 Å². The van der Waals surface area contributed by atoms with Crippen LogP contribution in [-0.2, 0) is 27.5 Å². The van der Waals surface area contributed by atoms with E-state index in [2.05, 4.69) is 4.74 Å². The van der Waals surface area contributed by atoms with Crippen molar-refractivity contribution in [2.24, 2.45) is 10.8 Å². The summed E-state index contributed by atoms with van der Waals surface area (Å²) in [5.74, 6) is 0. The average Bonchev–Trinajstić information content (AvgIpc) is 3.65. The van der Waals surface area contributed by atoms with Crippen LogP contribution in [0.4, 0.5) is 50.0 Å². The SMILES string of the molecule is CS(=O)(=O)N1CCC2(CCN(c3cc(C(F)(F)F)ccc3CN3CCC4(CCN(C(=O)OC(C(F)(F)F)C(F)(F)F)C4)C3)CC2)C1. The molecule has 4 saturated heterocycles. The van der Waals surface area contributed by atoms with Gasteiger partial charge in [0, 0.05) is 63.5 Å². The first-order valence-corrected chi connectivity index (χ1v) is 16.7. The normalized spacial score (nSPS) is 25.0. The highest BCUT2D eigenvalue weighted by atomic mass is 32.2. The van der Waals surface area contributed by atoms with Gasteiger partial charge in [0.15, 0.2) is 0 Å². The fraction of sp³-hybridized carbons (Fsp3) is 0.750. The van der Waals surface area contributed by atoms with Gasteiger partial charge in [-0.05, 0) is 61.8 Å². The zero-order chi connectivity index (χ0) is 33.9. The Balaban J connectivity index is 1.25. The number of hydrogen-bond acceptors (Lipinski definition) is 6. The van der Waals surface area contributed by atoms with Crippen LogP contribution < -0.4 is 4.90 Å². The number of likely N-dealkylation sites (tertiary alicyclic amines) is 2. The monoisotopic (exact) mass is 694 g/mol. The minimum atomic E-state index is -5.82. The van der Waals surface area contributed by atoms with Gasteiger partial charge in [0.05, 0.1) is 11.8 Å². The molecule has 4 fully saturated rings. The molecule has 0 bridgehead atoms. The molecule has 8 nitrogen and oxygen atoms in total. The van der Waals surface area contributed by atoms with Crippen molar-refractivity contribution in [3.05, 3.63) is 29.3 Å². The van der Waals surface area contributed by atoms with Crippen molar-refractivity contribution in [1.29, 1.82) is 0 Å². The first-order valence-electron chi connectivity index (χ1n) is 14.8. The maximum Gasteiger partial charge on any atom is 0.434 e. The predicted octanol–water partition coefficient (Wildman–Crippen LogP) is 5.48. The average molecular weight is 695 g/mol. The fourth-order valence-electron chi connectivity index (χ4n) is 7.30. The van der Waals surface area contributed by atoms with Crippen LogP contribution in [0.5, 0.6) is 0 Å². The van der Waals surface area contributed by atoms with Gasteiger partial charge in [-0.25, -0.2) is 17.5 Å². The molecule has 2 spiro atoms. The number of benzene rings is 1. The summed E-state index contributed by atoms with van der Waals surface area (Å²) in [5.41, 5.74) is -0.626. The molecule has 4 aliphatic heterocycles. The van der Waals surface area contributed by atoms with E-state index >= 15 is 0 Å². The van der Waals surface area contributed by atoms with Crippen LogP contribution in [0.3, 0.4) is 0 Å². The third-order valence-corrected chi connectivity index (χ3v) is 11.1. The fourth-order valence-corrected chi connectivity index (χ4v) is 8.23. The molecule has 260 valence electrons. The van der Waals surface area contributed by atoms with Gasteiger partial charge in [0.1, 0.15) is 0 Å². The standard InChI is InChI=1S/C28H35F9N4O4S/c1-46(43,44)41-13-8-24(18-41)5-10-39(11-6-24)21-14-20(26(29,30)31)3-2-19(21)15-38-9-4-25(16-38)7-12-40(17-25)23(42)45-22(27(32,33)34)28(35,36)37/h2-3,14,22H,4-13,15-18H2,1H3. The highest BCUT2D eigenvalue weighted by molar-refractivity contribution is 7.88. The summed E-state index contributed by atoms with van der Waals surface area (Å²) < 4.78 is 148. The number of piperidine rings is 1. The lowest BCUT2D eigenvalue weighted by molar-refractivity contribution is -0.308.